The average Bonchev–Trinajstić information content (AvgIpc) is 3.11. The molecule has 168 valence electrons. The lowest BCUT2D eigenvalue weighted by molar-refractivity contribution is -0.122. The first-order valence-corrected chi connectivity index (χ1v) is 12.3. The first-order valence-electron chi connectivity index (χ1n) is 10.2. The Morgan fingerprint density at radius 2 is 1.74 bits per heavy atom. The van der Waals surface area contributed by atoms with Crippen molar-refractivity contribution in [3.63, 3.8) is 0 Å². The lowest BCUT2D eigenvalue weighted by Gasteiger charge is -2.14. The number of carbonyl (C=O) groups is 1. The molecular weight excluding hydrogens is 489 g/mol. The molecule has 5 rings (SSSR count). The van der Waals surface area contributed by atoms with Gasteiger partial charge in [-0.05, 0) is 48.0 Å². The topological polar surface area (TPSA) is 54.7 Å². The zero-order chi connectivity index (χ0) is 23.7. The Balaban J connectivity index is 1.55. The molecule has 0 aliphatic carbocycles. The second-order valence-electron chi connectivity index (χ2n) is 7.37. The van der Waals surface area contributed by atoms with E-state index < -0.39 is 0 Å². The van der Waals surface area contributed by atoms with Gasteiger partial charge in [0.15, 0.2) is 0 Å². The Morgan fingerprint density at radius 3 is 2.50 bits per heavy atom. The summed E-state index contributed by atoms with van der Waals surface area (Å²) in [6.45, 7) is 0.225. The summed E-state index contributed by atoms with van der Waals surface area (Å²) in [6, 6.07) is 20.9. The number of rotatable bonds is 5. The van der Waals surface area contributed by atoms with Crippen molar-refractivity contribution in [3.05, 3.63) is 111 Å². The molecule has 2 aromatic carbocycles. The first kappa shape index (κ1) is 22.5. The quantitative estimate of drug-likeness (QED) is 0.206. The number of benzene rings is 2. The third kappa shape index (κ3) is 4.54. The summed E-state index contributed by atoms with van der Waals surface area (Å²) in [7, 11) is 0. The zero-order valence-electron chi connectivity index (χ0n) is 17.6. The van der Waals surface area contributed by atoms with E-state index in [1.807, 2.05) is 36.4 Å². The van der Waals surface area contributed by atoms with Crippen molar-refractivity contribution in [2.45, 2.75) is 16.5 Å². The standard InChI is InChI=1S/C25H16FN3O2S3/c26-17-11-9-16(10-12-17)15-29-24(31)20(34-25(29)32)14-19-22(33-18-6-2-1-3-7-18)27-21-8-4-5-13-28(21)23(19)30/h1-14H,15H2. The van der Waals surface area contributed by atoms with Crippen LogP contribution in [0.2, 0.25) is 0 Å². The molecule has 3 heterocycles. The molecule has 0 spiro atoms. The molecule has 0 N–H and O–H groups in total. The molecule has 0 unspecified atom stereocenters. The lowest BCUT2D eigenvalue weighted by Crippen LogP contribution is -2.27. The van der Waals surface area contributed by atoms with Gasteiger partial charge in [-0.1, -0.05) is 72.1 Å². The van der Waals surface area contributed by atoms with Gasteiger partial charge in [0.25, 0.3) is 11.5 Å². The van der Waals surface area contributed by atoms with Crippen LogP contribution in [0.4, 0.5) is 4.39 Å². The molecule has 0 saturated carbocycles. The predicted octanol–water partition coefficient (Wildman–Crippen LogP) is 5.39. The average molecular weight is 506 g/mol. The second kappa shape index (κ2) is 9.54. The van der Waals surface area contributed by atoms with Crippen LogP contribution in [-0.2, 0) is 11.3 Å². The van der Waals surface area contributed by atoms with Gasteiger partial charge in [-0.3, -0.25) is 18.9 Å². The van der Waals surface area contributed by atoms with Crippen LogP contribution in [0.5, 0.6) is 0 Å². The molecule has 1 aliphatic heterocycles. The number of carbonyl (C=O) groups excluding carboxylic acids is 1. The maximum atomic E-state index is 13.4. The Morgan fingerprint density at radius 1 is 1.00 bits per heavy atom. The van der Waals surface area contributed by atoms with Gasteiger partial charge in [0.2, 0.25) is 0 Å². The van der Waals surface area contributed by atoms with E-state index in [9.17, 15) is 14.0 Å². The summed E-state index contributed by atoms with van der Waals surface area (Å²) in [5.41, 5.74) is 1.33. The molecule has 5 nitrogen and oxygen atoms in total. The van der Waals surface area contributed by atoms with E-state index in [1.54, 1.807) is 36.5 Å². The highest BCUT2D eigenvalue weighted by Crippen LogP contribution is 2.35. The van der Waals surface area contributed by atoms with Gasteiger partial charge in [-0.2, -0.15) is 0 Å². The highest BCUT2D eigenvalue weighted by molar-refractivity contribution is 8.26. The van der Waals surface area contributed by atoms with Gasteiger partial charge < -0.3 is 0 Å². The third-order valence-corrected chi connectivity index (χ3v) is 7.48. The molecule has 1 fully saturated rings. The largest absolute Gasteiger partial charge is 0.288 e. The van der Waals surface area contributed by atoms with Gasteiger partial charge in [0, 0.05) is 11.1 Å². The molecule has 4 aromatic rings. The molecule has 9 heteroatoms. The monoisotopic (exact) mass is 505 g/mol. The van der Waals surface area contributed by atoms with Crippen LogP contribution < -0.4 is 5.56 Å². The van der Waals surface area contributed by atoms with Crippen molar-refractivity contribution in [1.82, 2.24) is 14.3 Å². The predicted molar refractivity (Wildman–Crippen MR) is 137 cm³/mol. The summed E-state index contributed by atoms with van der Waals surface area (Å²) in [5.74, 6) is -0.644. The van der Waals surface area contributed by atoms with E-state index in [1.165, 1.54) is 33.2 Å². The number of pyridine rings is 1. The summed E-state index contributed by atoms with van der Waals surface area (Å²) >= 11 is 7.93. The number of fused-ring (bicyclic) bond motifs is 1. The number of hydrogen-bond acceptors (Lipinski definition) is 6. The smallest absolute Gasteiger partial charge is 0.266 e. The number of nitrogens with zero attached hydrogens (tertiary/aromatic N) is 3. The van der Waals surface area contributed by atoms with Gasteiger partial charge >= 0.3 is 0 Å². The number of thiocarbonyl (C=S) groups is 1. The maximum Gasteiger partial charge on any atom is 0.266 e. The van der Waals surface area contributed by atoms with Crippen LogP contribution in [0.15, 0.2) is 98.6 Å². The highest BCUT2D eigenvalue weighted by atomic mass is 32.2. The van der Waals surface area contributed by atoms with Gasteiger partial charge in [-0.25, -0.2) is 9.37 Å². The van der Waals surface area contributed by atoms with Gasteiger partial charge in [0.05, 0.1) is 17.0 Å². The lowest BCUT2D eigenvalue weighted by atomic mass is 10.2. The van der Waals surface area contributed by atoms with Crippen molar-refractivity contribution in [1.29, 1.82) is 0 Å². The maximum absolute atomic E-state index is 13.4. The Bertz CT molecular complexity index is 1500. The molecule has 1 saturated heterocycles. The Kier molecular flexibility index (Phi) is 6.32. The van der Waals surface area contributed by atoms with Crippen molar-refractivity contribution in [2.24, 2.45) is 0 Å². The van der Waals surface area contributed by atoms with Crippen LogP contribution in [-0.4, -0.2) is 24.5 Å². The zero-order valence-corrected chi connectivity index (χ0v) is 20.0. The summed E-state index contributed by atoms with van der Waals surface area (Å²) < 4.78 is 15.1. The number of amides is 1. The first-order chi connectivity index (χ1) is 16.5. The summed E-state index contributed by atoms with van der Waals surface area (Å²) in [6.07, 6.45) is 3.22. The normalized spacial score (nSPS) is 15.0. The van der Waals surface area contributed by atoms with Crippen molar-refractivity contribution < 1.29 is 9.18 Å². The van der Waals surface area contributed by atoms with Crippen LogP contribution in [0.25, 0.3) is 11.7 Å². The van der Waals surface area contributed by atoms with Crippen molar-refractivity contribution in [2.75, 3.05) is 0 Å². The van der Waals surface area contributed by atoms with E-state index in [-0.39, 0.29) is 23.8 Å². The highest BCUT2D eigenvalue weighted by Gasteiger charge is 2.32. The van der Waals surface area contributed by atoms with Crippen LogP contribution in [0.3, 0.4) is 0 Å². The molecule has 2 aromatic heterocycles. The second-order valence-corrected chi connectivity index (χ2v) is 10.1. The van der Waals surface area contributed by atoms with E-state index in [0.717, 1.165) is 22.2 Å². The Hall–Kier alpha value is -3.27. The Labute approximate surface area is 208 Å². The van der Waals surface area contributed by atoms with E-state index in [4.69, 9.17) is 17.2 Å². The summed E-state index contributed by atoms with van der Waals surface area (Å²) in [5, 5.41) is 0.506. The molecule has 0 atom stereocenters. The van der Waals surface area contributed by atoms with E-state index in [0.29, 0.717) is 25.5 Å². The molecular formula is C25H16FN3O2S3. The van der Waals surface area contributed by atoms with Gasteiger partial charge in [-0.15, -0.1) is 0 Å². The van der Waals surface area contributed by atoms with E-state index in [2.05, 4.69) is 0 Å². The van der Waals surface area contributed by atoms with Crippen LogP contribution >= 0.6 is 35.7 Å². The molecule has 34 heavy (non-hydrogen) atoms. The van der Waals surface area contributed by atoms with Crippen LogP contribution in [0, 0.1) is 5.82 Å². The SMILES string of the molecule is O=C1C(=Cc2c(Sc3ccccc3)nc3ccccn3c2=O)SC(=S)N1Cc1ccc(F)cc1. The number of hydrogen-bond donors (Lipinski definition) is 0. The molecule has 0 radical (unpaired) electrons. The minimum atomic E-state index is -0.346. The fourth-order valence-electron chi connectivity index (χ4n) is 3.42. The minimum absolute atomic E-state index is 0.225. The number of thioether (sulfide) groups is 1. The molecule has 1 aliphatic rings. The van der Waals surface area contributed by atoms with E-state index >= 15 is 0 Å². The molecule has 1 amide bonds. The molecule has 0 bridgehead atoms. The van der Waals surface area contributed by atoms with Crippen LogP contribution in [0.1, 0.15) is 11.1 Å². The fraction of sp³-hybridized carbons (Fsp3) is 0.0400. The third-order valence-electron chi connectivity index (χ3n) is 5.09. The fourth-order valence-corrected chi connectivity index (χ4v) is 5.57. The van der Waals surface area contributed by atoms with Crippen molar-refractivity contribution in [3.8, 4) is 0 Å². The van der Waals surface area contributed by atoms with Crippen molar-refractivity contribution >= 4 is 57.7 Å². The minimum Gasteiger partial charge on any atom is -0.288 e. The summed E-state index contributed by atoms with van der Waals surface area (Å²) in [4.78, 5) is 34.0. The van der Waals surface area contributed by atoms with Gasteiger partial charge in [0.1, 0.15) is 20.8 Å². The number of halogens is 1. The number of aromatic nitrogens is 2.